The highest BCUT2D eigenvalue weighted by Gasteiger charge is 2.13. The summed E-state index contributed by atoms with van der Waals surface area (Å²) in [7, 11) is 0. The second-order valence-corrected chi connectivity index (χ2v) is 7.02. The summed E-state index contributed by atoms with van der Waals surface area (Å²) in [6, 6.07) is 10.8. The number of rotatable bonds is 9. The molecule has 0 aromatic heterocycles. The third kappa shape index (κ3) is 5.75. The van der Waals surface area contributed by atoms with E-state index in [4.69, 9.17) is 18.9 Å². The van der Waals surface area contributed by atoms with Crippen LogP contribution in [0.25, 0.3) is 0 Å². The molecule has 0 aliphatic carbocycles. The number of amides is 2. The molecular weight excluding hydrogens is 416 g/mol. The van der Waals surface area contributed by atoms with Gasteiger partial charge in [0.15, 0.2) is 23.0 Å². The molecular formula is C22H22N4O6. The van der Waals surface area contributed by atoms with Gasteiger partial charge >= 0.3 is 0 Å². The van der Waals surface area contributed by atoms with Gasteiger partial charge in [-0.05, 0) is 60.4 Å². The maximum atomic E-state index is 11.9. The van der Waals surface area contributed by atoms with Gasteiger partial charge in [0.1, 0.15) is 0 Å². The van der Waals surface area contributed by atoms with Crippen molar-refractivity contribution in [3.63, 3.8) is 0 Å². The number of hydrogen-bond acceptors (Lipinski definition) is 8. The van der Waals surface area contributed by atoms with E-state index >= 15 is 0 Å². The zero-order valence-corrected chi connectivity index (χ0v) is 17.2. The number of hydrogen-bond donors (Lipinski definition) is 2. The van der Waals surface area contributed by atoms with Gasteiger partial charge in [-0.2, -0.15) is 10.2 Å². The van der Waals surface area contributed by atoms with Crippen molar-refractivity contribution in [1.29, 1.82) is 0 Å². The minimum atomic E-state index is -0.219. The standard InChI is InChI=1S/C22H22N4O6/c27-21(25-23-11-15-5-7-17-19(9-15)31-13-29-17)3-1-2-4-22(28)26-24-12-16-6-8-18-20(10-16)32-14-30-18/h5-12H,1-4,13-14H2,(H,25,27)(H,26,28). The smallest absolute Gasteiger partial charge is 0.240 e. The Bertz CT molecular complexity index is 969. The van der Waals surface area contributed by atoms with Gasteiger partial charge in [-0.15, -0.1) is 0 Å². The van der Waals surface area contributed by atoms with Crippen molar-refractivity contribution in [1.82, 2.24) is 10.9 Å². The van der Waals surface area contributed by atoms with Crippen LogP contribution >= 0.6 is 0 Å². The number of carbonyl (C=O) groups excluding carboxylic acids is 2. The fourth-order valence-electron chi connectivity index (χ4n) is 3.03. The Morgan fingerprint density at radius 3 is 1.62 bits per heavy atom. The molecule has 0 spiro atoms. The van der Waals surface area contributed by atoms with Crippen molar-refractivity contribution in [2.45, 2.75) is 25.7 Å². The van der Waals surface area contributed by atoms with Gasteiger partial charge in [0.05, 0.1) is 12.4 Å². The van der Waals surface area contributed by atoms with Crippen LogP contribution in [0.1, 0.15) is 36.8 Å². The van der Waals surface area contributed by atoms with Crippen LogP contribution in [0.2, 0.25) is 0 Å². The van der Waals surface area contributed by atoms with Gasteiger partial charge < -0.3 is 18.9 Å². The molecule has 0 saturated carbocycles. The third-order valence-electron chi connectivity index (χ3n) is 4.66. The van der Waals surface area contributed by atoms with Crippen LogP contribution in [-0.2, 0) is 9.59 Å². The molecule has 2 aliphatic heterocycles. The van der Waals surface area contributed by atoms with Crippen LogP contribution in [0.5, 0.6) is 23.0 Å². The van der Waals surface area contributed by atoms with E-state index in [1.54, 1.807) is 24.3 Å². The van der Waals surface area contributed by atoms with Gasteiger partial charge in [0, 0.05) is 12.8 Å². The highest BCUT2D eigenvalue weighted by Crippen LogP contribution is 2.32. The number of carbonyl (C=O) groups is 2. The molecule has 10 nitrogen and oxygen atoms in total. The number of nitrogens with zero attached hydrogens (tertiary/aromatic N) is 2. The van der Waals surface area contributed by atoms with E-state index in [-0.39, 0.29) is 38.2 Å². The van der Waals surface area contributed by atoms with Crippen molar-refractivity contribution in [2.24, 2.45) is 10.2 Å². The Morgan fingerprint density at radius 2 is 1.16 bits per heavy atom. The van der Waals surface area contributed by atoms with E-state index in [9.17, 15) is 9.59 Å². The van der Waals surface area contributed by atoms with Crippen LogP contribution < -0.4 is 29.8 Å². The lowest BCUT2D eigenvalue weighted by molar-refractivity contribution is -0.123. The van der Waals surface area contributed by atoms with E-state index < -0.39 is 0 Å². The normalized spacial score (nSPS) is 13.6. The van der Waals surface area contributed by atoms with Crippen molar-refractivity contribution in [3.05, 3.63) is 47.5 Å². The van der Waals surface area contributed by atoms with Crippen molar-refractivity contribution >= 4 is 24.2 Å². The van der Waals surface area contributed by atoms with Crippen molar-refractivity contribution in [2.75, 3.05) is 13.6 Å². The Balaban J connectivity index is 1.09. The molecule has 0 fully saturated rings. The van der Waals surface area contributed by atoms with Gasteiger partial charge in [0.25, 0.3) is 0 Å². The highest BCUT2D eigenvalue weighted by atomic mass is 16.7. The van der Waals surface area contributed by atoms with E-state index in [0.29, 0.717) is 35.8 Å². The maximum Gasteiger partial charge on any atom is 0.240 e. The van der Waals surface area contributed by atoms with E-state index in [2.05, 4.69) is 21.1 Å². The molecule has 2 amide bonds. The Morgan fingerprint density at radius 1 is 0.719 bits per heavy atom. The summed E-state index contributed by atoms with van der Waals surface area (Å²) in [6.07, 6.45) is 4.73. The zero-order chi connectivity index (χ0) is 22.2. The molecule has 0 atom stereocenters. The van der Waals surface area contributed by atoms with Crippen LogP contribution in [0.4, 0.5) is 0 Å². The summed E-state index contributed by atoms with van der Waals surface area (Å²) in [4.78, 5) is 23.7. The minimum Gasteiger partial charge on any atom is -0.454 e. The fourth-order valence-corrected chi connectivity index (χ4v) is 3.03. The van der Waals surface area contributed by atoms with Crippen molar-refractivity contribution in [3.8, 4) is 23.0 Å². The predicted molar refractivity (Wildman–Crippen MR) is 115 cm³/mol. The lowest BCUT2D eigenvalue weighted by Gasteiger charge is -2.01. The first kappa shape index (κ1) is 21.2. The molecule has 0 saturated heterocycles. The van der Waals surface area contributed by atoms with Gasteiger partial charge in [-0.3, -0.25) is 9.59 Å². The Hall–Kier alpha value is -4.08. The lowest BCUT2D eigenvalue weighted by Crippen LogP contribution is -2.19. The summed E-state index contributed by atoms with van der Waals surface area (Å²) in [5.41, 5.74) is 6.51. The van der Waals surface area contributed by atoms with E-state index in [1.165, 1.54) is 12.4 Å². The molecule has 4 rings (SSSR count). The number of ether oxygens (including phenoxy) is 4. The van der Waals surface area contributed by atoms with Crippen LogP contribution in [0.3, 0.4) is 0 Å². The number of fused-ring (bicyclic) bond motifs is 2. The molecule has 2 aliphatic rings. The fraction of sp³-hybridized carbons (Fsp3) is 0.273. The largest absolute Gasteiger partial charge is 0.454 e. The topological polar surface area (TPSA) is 120 Å². The second-order valence-electron chi connectivity index (χ2n) is 7.02. The van der Waals surface area contributed by atoms with Crippen molar-refractivity contribution < 1.29 is 28.5 Å². The molecule has 0 unspecified atom stereocenters. The summed E-state index contributed by atoms with van der Waals surface area (Å²) in [5.74, 6) is 2.24. The maximum absolute atomic E-state index is 11.9. The highest BCUT2D eigenvalue weighted by molar-refractivity contribution is 5.84. The Labute approximate surface area is 184 Å². The summed E-state index contributed by atoms with van der Waals surface area (Å²) >= 11 is 0. The van der Waals surface area contributed by atoms with Crippen LogP contribution in [0.15, 0.2) is 46.6 Å². The SMILES string of the molecule is O=C(CCCCC(=O)NN=Cc1ccc2c(c1)OCO2)NN=Cc1ccc2c(c1)OCO2. The minimum absolute atomic E-state index is 0.205. The summed E-state index contributed by atoms with van der Waals surface area (Å²) in [6.45, 7) is 0.411. The summed E-state index contributed by atoms with van der Waals surface area (Å²) < 4.78 is 21.1. The molecule has 166 valence electrons. The quantitative estimate of drug-likeness (QED) is 0.352. The number of nitrogens with one attached hydrogen (secondary N) is 2. The molecule has 2 N–H and O–H groups in total. The number of hydrazone groups is 2. The Kier molecular flexibility index (Phi) is 6.81. The number of unbranched alkanes of at least 4 members (excludes halogenated alkanes) is 1. The van der Waals surface area contributed by atoms with Gasteiger partial charge in [-0.1, -0.05) is 0 Å². The first-order valence-corrected chi connectivity index (χ1v) is 10.1. The monoisotopic (exact) mass is 438 g/mol. The predicted octanol–water partition coefficient (Wildman–Crippen LogP) is 2.30. The molecule has 0 radical (unpaired) electrons. The lowest BCUT2D eigenvalue weighted by atomic mass is 10.2. The van der Waals surface area contributed by atoms with Crippen LogP contribution in [0, 0.1) is 0 Å². The number of benzene rings is 2. The summed E-state index contributed by atoms with van der Waals surface area (Å²) in [5, 5.41) is 7.87. The van der Waals surface area contributed by atoms with Crippen LogP contribution in [-0.4, -0.2) is 37.8 Å². The molecule has 32 heavy (non-hydrogen) atoms. The third-order valence-corrected chi connectivity index (χ3v) is 4.66. The molecule has 2 heterocycles. The average molecular weight is 438 g/mol. The van der Waals surface area contributed by atoms with E-state index in [0.717, 1.165) is 11.1 Å². The second kappa shape index (κ2) is 10.3. The van der Waals surface area contributed by atoms with E-state index in [1.807, 2.05) is 12.1 Å². The molecule has 2 aromatic rings. The van der Waals surface area contributed by atoms with Gasteiger partial charge in [0.2, 0.25) is 25.4 Å². The first-order chi connectivity index (χ1) is 15.7. The molecule has 2 aromatic carbocycles. The zero-order valence-electron chi connectivity index (χ0n) is 17.2. The first-order valence-electron chi connectivity index (χ1n) is 10.1. The van der Waals surface area contributed by atoms with Gasteiger partial charge in [-0.25, -0.2) is 10.9 Å². The average Bonchev–Trinajstić information content (AvgIpc) is 3.45. The molecule has 10 heteroatoms. The molecule has 0 bridgehead atoms.